The molecule has 0 saturated carbocycles. The first-order chi connectivity index (χ1) is 57.1. The molecule has 0 spiro atoms. The number of nitrogens with two attached hydrogens (primary N) is 7. The third-order valence-corrected chi connectivity index (χ3v) is 20.7. The Labute approximate surface area is 737 Å². The molecule has 1 atom stereocenters. The number of fused-ring (bicyclic) bond motifs is 1. The van der Waals surface area contributed by atoms with Gasteiger partial charge in [-0.25, -0.2) is 0 Å². The molecule has 0 amide bonds. The second kappa shape index (κ2) is 48.6. The molecule has 0 aromatic heterocycles. The van der Waals surface area contributed by atoms with Gasteiger partial charge in [0.15, 0.2) is 11.5 Å². The summed E-state index contributed by atoms with van der Waals surface area (Å²) in [7, 11) is 1.42. The van der Waals surface area contributed by atoms with Crippen molar-refractivity contribution in [2.75, 3.05) is 46.4 Å². The summed E-state index contributed by atoms with van der Waals surface area (Å²) in [5, 5.41) is 10.9. The number of hydrogen-bond donors (Lipinski definition) is 7. The van der Waals surface area contributed by atoms with Crippen molar-refractivity contribution in [3.05, 3.63) is 179 Å². The Hall–Kier alpha value is -7.68. The fraction of sp³-hybridized carbons (Fsp3) is 0.606. The molecule has 31 heteroatoms. The monoisotopic (exact) mass is 1810 g/mol. The third kappa shape index (κ3) is 42.4. The van der Waals surface area contributed by atoms with Gasteiger partial charge in [0, 0.05) is 24.7 Å². The Bertz CT molecular complexity index is 4310. The van der Waals surface area contributed by atoms with Crippen LogP contribution in [0.4, 0.5) is 67.2 Å². The Balaban J connectivity index is 0.000000509. The zero-order chi connectivity index (χ0) is 96.1. The highest BCUT2D eigenvalue weighted by molar-refractivity contribution is 8.00. The number of halogens is 14. The lowest BCUT2D eigenvalue weighted by atomic mass is 9.78. The molecule has 0 saturated heterocycles. The van der Waals surface area contributed by atoms with E-state index in [4.69, 9.17) is 44.9 Å². The van der Waals surface area contributed by atoms with Crippen molar-refractivity contribution in [3.8, 4) is 28.7 Å². The van der Waals surface area contributed by atoms with Gasteiger partial charge in [0.25, 0.3) is 5.69 Å². The number of thioether (sulfide) groups is 1. The number of methoxy groups -OCH3 is 1. The van der Waals surface area contributed by atoms with Gasteiger partial charge in [-0.15, -0.1) is 35.1 Å². The number of alkyl halides is 14. The smallest absolute Gasteiger partial charge is 0.495 e. The van der Waals surface area contributed by atoms with Crippen LogP contribution < -0.4 is 63.8 Å². The van der Waals surface area contributed by atoms with E-state index in [1.165, 1.54) is 48.3 Å². The third-order valence-electron chi connectivity index (χ3n) is 19.9. The van der Waals surface area contributed by atoms with E-state index in [0.29, 0.717) is 76.1 Å². The van der Waals surface area contributed by atoms with Gasteiger partial charge in [-0.1, -0.05) is 194 Å². The van der Waals surface area contributed by atoms with Crippen molar-refractivity contribution in [1.29, 1.82) is 0 Å². The maximum atomic E-state index is 13.3. The molecule has 708 valence electrons. The number of rotatable bonds is 29. The second-order valence-corrected chi connectivity index (χ2v) is 39.4. The second-order valence-electron chi connectivity index (χ2n) is 38.3. The molecule has 7 rings (SSSR count). The topological polar surface area (TPSA) is 284 Å². The van der Waals surface area contributed by atoms with Crippen LogP contribution in [-0.2, 0) is 77.2 Å². The lowest BCUT2D eigenvalue weighted by Gasteiger charge is -2.30. The van der Waals surface area contributed by atoms with E-state index in [1.54, 1.807) is 45.0 Å². The van der Waals surface area contributed by atoms with Crippen molar-refractivity contribution < 1.29 is 90.1 Å². The number of aryl methyl sites for hydroxylation is 5. The van der Waals surface area contributed by atoms with Gasteiger partial charge in [-0.05, 0) is 288 Å². The molecule has 0 bridgehead atoms. The van der Waals surface area contributed by atoms with Gasteiger partial charge in [-0.2, -0.15) is 26.3 Å². The van der Waals surface area contributed by atoms with Gasteiger partial charge in [-0.3, -0.25) is 15.1 Å². The van der Waals surface area contributed by atoms with E-state index in [9.17, 15) is 71.6 Å². The molecular weight excluding hydrogens is 1670 g/mol. The average Bonchev–Trinajstić information content (AvgIpc) is 1.76. The summed E-state index contributed by atoms with van der Waals surface area (Å²) in [6.45, 7) is 45.9. The normalized spacial score (nSPS) is 13.5. The van der Waals surface area contributed by atoms with Gasteiger partial charge >= 0.3 is 30.7 Å². The quantitative estimate of drug-likeness (QED) is 0.00437. The summed E-state index contributed by atoms with van der Waals surface area (Å²) in [5.41, 5.74) is 43.5. The lowest BCUT2D eigenvalue weighted by Crippen LogP contribution is -2.27. The van der Waals surface area contributed by atoms with Crippen LogP contribution in [0.2, 0.25) is 0 Å². The molecule has 0 aliphatic carbocycles. The van der Waals surface area contributed by atoms with Crippen LogP contribution in [0.1, 0.15) is 294 Å². The molecule has 125 heavy (non-hydrogen) atoms. The predicted molar refractivity (Wildman–Crippen MR) is 478 cm³/mol. The Kier molecular flexibility index (Phi) is 44.1. The number of unbranched alkanes of at least 4 members (excludes halogenated alkanes) is 5. The SMILES string of the molecule is CC(C)(C)c1cc(CCCCN)c(C(F)(F)F)c(OC(F)(F)F)c1.CC(C)(C)c1cc(CCCCN)c2c(c1)OC(F)(F)O2.CC(C)(C)c1cc(CCCCN)cc(C(N)C(C)(C)C)c1.CC(C)(C)c1cc(CCCCN)cc([N+](=O)[O-])c1.CC(C)(C)c1cc(CCN=CN)cc(OC(F)(F)F)c1.COc1c(CCCCN)cc(C(C)(C)C)cc1SC(F)(F)F. The van der Waals surface area contributed by atoms with Crippen LogP contribution in [-0.4, -0.2) is 82.2 Å². The summed E-state index contributed by atoms with van der Waals surface area (Å²) in [6.07, 6.45) is -5.15. The largest absolute Gasteiger partial charge is 0.586 e. The number of non-ortho nitro benzene ring substituents is 1. The van der Waals surface area contributed by atoms with Crippen molar-refractivity contribution in [2.45, 2.75) is 322 Å². The predicted octanol–water partition coefficient (Wildman–Crippen LogP) is 24.6. The summed E-state index contributed by atoms with van der Waals surface area (Å²) in [6, 6.07) is 26.3. The minimum absolute atomic E-state index is 0.0236. The minimum Gasteiger partial charge on any atom is -0.495 e. The molecule has 6 aromatic rings. The van der Waals surface area contributed by atoms with Crippen LogP contribution in [0, 0.1) is 15.5 Å². The van der Waals surface area contributed by atoms with Gasteiger partial charge in [0.2, 0.25) is 0 Å². The molecule has 1 heterocycles. The Morgan fingerprint density at radius 3 is 1.25 bits per heavy atom. The summed E-state index contributed by atoms with van der Waals surface area (Å²) >= 11 is -0.114. The van der Waals surface area contributed by atoms with Crippen LogP contribution in [0.3, 0.4) is 0 Å². The first kappa shape index (κ1) is 113. The molecular formula is C94H141F14N9O7S. The fourth-order valence-corrected chi connectivity index (χ4v) is 13.4. The lowest BCUT2D eigenvalue weighted by molar-refractivity contribution is -0.385. The van der Waals surface area contributed by atoms with Gasteiger partial charge in [0.1, 0.15) is 22.8 Å². The van der Waals surface area contributed by atoms with Gasteiger partial charge in [0.05, 0.1) is 23.3 Å². The molecule has 0 radical (unpaired) electrons. The van der Waals surface area contributed by atoms with Crippen LogP contribution in [0.25, 0.3) is 0 Å². The van der Waals surface area contributed by atoms with Crippen LogP contribution >= 0.6 is 11.8 Å². The molecule has 14 N–H and O–H groups in total. The van der Waals surface area contributed by atoms with Crippen molar-refractivity contribution in [2.24, 2.45) is 50.5 Å². The van der Waals surface area contributed by atoms with E-state index < -0.39 is 47.4 Å². The van der Waals surface area contributed by atoms with Gasteiger partial charge < -0.3 is 63.8 Å². The van der Waals surface area contributed by atoms with E-state index in [0.717, 1.165) is 121 Å². The molecule has 1 unspecified atom stereocenters. The number of aliphatic imine (C=N–C) groups is 1. The molecule has 1 aliphatic rings. The zero-order valence-electron chi connectivity index (χ0n) is 77.4. The van der Waals surface area contributed by atoms with Crippen LogP contribution in [0.5, 0.6) is 28.7 Å². The first-order valence-corrected chi connectivity index (χ1v) is 43.1. The minimum atomic E-state index is -5.20. The van der Waals surface area contributed by atoms with Crippen molar-refractivity contribution in [3.63, 3.8) is 0 Å². The maximum absolute atomic E-state index is 13.3. The van der Waals surface area contributed by atoms with Crippen molar-refractivity contribution >= 4 is 23.8 Å². The molecule has 6 aromatic carbocycles. The first-order valence-electron chi connectivity index (χ1n) is 42.3. The van der Waals surface area contributed by atoms with E-state index in [-0.39, 0.29) is 95.0 Å². The fourth-order valence-electron chi connectivity index (χ4n) is 12.6. The molecule has 16 nitrogen and oxygen atoms in total. The average molecular weight is 1810 g/mol. The van der Waals surface area contributed by atoms with Crippen LogP contribution in [0.15, 0.2) is 101 Å². The highest BCUT2D eigenvalue weighted by Crippen LogP contribution is 2.49. The number of nitrogens with zero attached hydrogens (tertiary/aromatic N) is 2. The summed E-state index contributed by atoms with van der Waals surface area (Å²) in [4.78, 5) is 14.6. The molecule has 1 aliphatic heterocycles. The Morgan fingerprint density at radius 2 is 0.840 bits per heavy atom. The summed E-state index contributed by atoms with van der Waals surface area (Å²) < 4.78 is 202. The number of ether oxygens (including phenoxy) is 5. The number of nitro benzene ring substituents is 1. The van der Waals surface area contributed by atoms with E-state index in [1.807, 2.05) is 80.5 Å². The van der Waals surface area contributed by atoms with E-state index in [2.05, 4.69) is 111 Å². The molecule has 0 fully saturated rings. The highest BCUT2D eigenvalue weighted by atomic mass is 32.2. The van der Waals surface area contributed by atoms with Crippen molar-refractivity contribution in [1.82, 2.24) is 0 Å². The maximum Gasteiger partial charge on any atom is 0.586 e. The standard InChI is InChI=1S/C19H34N2.C16H21F6NO.C16H24F3NOS.C15H21F2NO2.C14H19F3N2O.C14H22N2O2/c1-18(2,3)16-12-14(9-7-8-10-20)11-15(13-16)17(21)19(4,5)6;1-14(2,3)11-8-10(6-4-5-7-23)13(15(17,18)19)12(9-11)24-16(20,21)22;1-15(2,3)12-9-11(7-5-6-8-20)14(21-4)13(10-12)22-16(17,18)19;1-14(2,3)11-8-10(6-4-5-7-18)13-12(9-11)19-15(16,17)20-13;1-13(2,3)11-6-10(4-5-19-9-18)7-12(8-11)20-14(15,16)17;1-14(2,3)12-8-11(6-4-5-7-15)9-13(10-12)16(17)18/h11-13,17H,7-10,20-21H2,1-6H3;8-9H,4-7,23H2,1-3H3;9-10H,5-8,20H2,1-4H3;8-9H,4-7,18H2,1-3H3;6-9H,4-5H2,1-3H3,(H2,18,19);8-10H,4-7,15H2,1-3H3. The highest BCUT2D eigenvalue weighted by Gasteiger charge is 2.46. The Morgan fingerprint density at radius 1 is 0.456 bits per heavy atom. The number of nitro groups is 1. The summed E-state index contributed by atoms with van der Waals surface area (Å²) in [5.74, 6) is -0.778. The zero-order valence-corrected chi connectivity index (χ0v) is 78.2. The van der Waals surface area contributed by atoms with E-state index >= 15 is 0 Å². The number of benzene rings is 6. The number of hydrogen-bond acceptors (Lipinski definition) is 15.